The number of carbonyl (C=O) groups excluding carboxylic acids is 2. The van der Waals surface area contributed by atoms with Crippen molar-refractivity contribution in [1.82, 2.24) is 0 Å². The van der Waals surface area contributed by atoms with Crippen molar-refractivity contribution in [2.75, 3.05) is 6.61 Å². The van der Waals surface area contributed by atoms with Crippen LogP contribution in [0.4, 0.5) is 0 Å². The van der Waals surface area contributed by atoms with E-state index in [2.05, 4.69) is 30.8 Å². The van der Waals surface area contributed by atoms with Crippen molar-refractivity contribution in [3.05, 3.63) is 66.2 Å². The van der Waals surface area contributed by atoms with Crippen LogP contribution in [0, 0.1) is 5.41 Å². The van der Waals surface area contributed by atoms with Gasteiger partial charge >= 0.3 is 11.9 Å². The van der Waals surface area contributed by atoms with Gasteiger partial charge < -0.3 is 9.47 Å². The number of rotatable bonds is 7. The third-order valence-electron chi connectivity index (χ3n) is 4.16. The lowest BCUT2D eigenvalue weighted by Gasteiger charge is -2.16. The summed E-state index contributed by atoms with van der Waals surface area (Å²) in [4.78, 5) is 23.3. The predicted molar refractivity (Wildman–Crippen MR) is 111 cm³/mol. The fraction of sp³-hybridized carbons (Fsp3) is 0.333. The van der Waals surface area contributed by atoms with E-state index < -0.39 is 11.4 Å². The lowest BCUT2D eigenvalue weighted by Crippen LogP contribution is -2.23. The Morgan fingerprint density at radius 3 is 1.96 bits per heavy atom. The van der Waals surface area contributed by atoms with E-state index in [4.69, 9.17) is 9.47 Å². The van der Waals surface area contributed by atoms with Gasteiger partial charge in [0.05, 0.1) is 12.0 Å². The van der Waals surface area contributed by atoms with Crippen LogP contribution >= 0.6 is 0 Å². The summed E-state index contributed by atoms with van der Waals surface area (Å²) < 4.78 is 10.5. The highest BCUT2D eigenvalue weighted by atomic mass is 16.5. The van der Waals surface area contributed by atoms with E-state index in [1.54, 1.807) is 19.1 Å². The number of carbonyl (C=O) groups is 2. The fourth-order valence-electron chi connectivity index (χ4n) is 2.43. The van der Waals surface area contributed by atoms with Gasteiger partial charge in [0, 0.05) is 5.57 Å². The van der Waals surface area contributed by atoms with Crippen molar-refractivity contribution in [3.8, 4) is 16.9 Å². The predicted octanol–water partition coefficient (Wildman–Crippen LogP) is 5.36. The van der Waals surface area contributed by atoms with Gasteiger partial charge in [-0.05, 0) is 69.4 Å². The molecule has 0 heterocycles. The van der Waals surface area contributed by atoms with Gasteiger partial charge in [-0.2, -0.15) is 0 Å². The van der Waals surface area contributed by atoms with Crippen LogP contribution in [0.2, 0.25) is 0 Å². The van der Waals surface area contributed by atoms with Crippen LogP contribution in [-0.4, -0.2) is 18.5 Å². The molecule has 4 nitrogen and oxygen atoms in total. The lowest BCUT2D eigenvalue weighted by atomic mass is 9.97. The SMILES string of the molecule is C=C(C)C(=O)Oc1ccc(-c2ccc(CCCOC(=O)C(C)(C)C)cc2)cc1. The zero-order valence-electron chi connectivity index (χ0n) is 17.1. The first kappa shape index (κ1) is 21.4. The van der Waals surface area contributed by atoms with Crippen LogP contribution < -0.4 is 4.74 Å². The maximum absolute atomic E-state index is 11.7. The van der Waals surface area contributed by atoms with Crippen LogP contribution in [0.15, 0.2) is 60.7 Å². The Morgan fingerprint density at radius 1 is 0.929 bits per heavy atom. The van der Waals surface area contributed by atoms with E-state index in [9.17, 15) is 9.59 Å². The van der Waals surface area contributed by atoms with E-state index >= 15 is 0 Å². The van der Waals surface area contributed by atoms with Crippen LogP contribution in [0.25, 0.3) is 11.1 Å². The lowest BCUT2D eigenvalue weighted by molar-refractivity contribution is -0.153. The molecule has 28 heavy (non-hydrogen) atoms. The third kappa shape index (κ3) is 6.38. The molecule has 0 aliphatic heterocycles. The first-order valence-corrected chi connectivity index (χ1v) is 9.41. The highest BCUT2D eigenvalue weighted by Crippen LogP contribution is 2.23. The monoisotopic (exact) mass is 380 g/mol. The van der Waals surface area contributed by atoms with Gasteiger partial charge in [0.15, 0.2) is 0 Å². The first-order chi connectivity index (χ1) is 13.2. The standard InChI is InChI=1S/C24H28O4/c1-17(2)22(25)28-21-14-12-20(13-15-21)19-10-8-18(9-11-19)7-6-16-27-23(26)24(3,4)5/h8-15H,1,6-7,16H2,2-5H3. The Labute approximate surface area is 167 Å². The summed E-state index contributed by atoms with van der Waals surface area (Å²) in [6, 6.07) is 15.7. The summed E-state index contributed by atoms with van der Waals surface area (Å²) >= 11 is 0. The highest BCUT2D eigenvalue weighted by Gasteiger charge is 2.22. The van der Waals surface area contributed by atoms with Gasteiger partial charge in [0.25, 0.3) is 0 Å². The number of hydrogen-bond acceptors (Lipinski definition) is 4. The third-order valence-corrected chi connectivity index (χ3v) is 4.16. The van der Waals surface area contributed by atoms with E-state index in [0.29, 0.717) is 17.9 Å². The summed E-state index contributed by atoms with van der Waals surface area (Å²) in [6.07, 6.45) is 1.65. The molecule has 2 rings (SSSR count). The van der Waals surface area contributed by atoms with Crippen molar-refractivity contribution >= 4 is 11.9 Å². The Kier molecular flexibility index (Phi) is 7.16. The summed E-state index contributed by atoms with van der Waals surface area (Å²) in [5, 5.41) is 0. The molecule has 4 heteroatoms. The Bertz CT molecular complexity index is 824. The van der Waals surface area contributed by atoms with Gasteiger partial charge in [0.1, 0.15) is 5.75 Å². The molecule has 0 saturated heterocycles. The van der Waals surface area contributed by atoms with Crippen molar-refractivity contribution in [1.29, 1.82) is 0 Å². The number of ether oxygens (including phenoxy) is 2. The molecule has 0 bridgehead atoms. The number of esters is 2. The van der Waals surface area contributed by atoms with Crippen LogP contribution in [0.3, 0.4) is 0 Å². The van der Waals surface area contributed by atoms with Gasteiger partial charge in [-0.15, -0.1) is 0 Å². The maximum atomic E-state index is 11.7. The molecule has 148 valence electrons. The van der Waals surface area contributed by atoms with E-state index in [1.165, 1.54) is 5.56 Å². The molecule has 0 spiro atoms. The summed E-state index contributed by atoms with van der Waals surface area (Å²) in [6.45, 7) is 11.2. The van der Waals surface area contributed by atoms with Crippen LogP contribution in [0.5, 0.6) is 5.75 Å². The van der Waals surface area contributed by atoms with Gasteiger partial charge in [-0.1, -0.05) is 43.0 Å². The number of benzene rings is 2. The van der Waals surface area contributed by atoms with E-state index in [-0.39, 0.29) is 5.97 Å². The summed E-state index contributed by atoms with van der Waals surface area (Å²) in [5.74, 6) is -0.0938. The van der Waals surface area contributed by atoms with Crippen molar-refractivity contribution in [2.45, 2.75) is 40.5 Å². The minimum Gasteiger partial charge on any atom is -0.465 e. The molecule has 0 amide bonds. The van der Waals surface area contributed by atoms with Gasteiger partial charge in [-0.25, -0.2) is 4.79 Å². The normalized spacial score (nSPS) is 11.0. The zero-order chi connectivity index (χ0) is 20.7. The van der Waals surface area contributed by atoms with Crippen LogP contribution in [0.1, 0.15) is 39.7 Å². The highest BCUT2D eigenvalue weighted by molar-refractivity contribution is 5.88. The Morgan fingerprint density at radius 2 is 1.46 bits per heavy atom. The molecular formula is C24H28O4. The average Bonchev–Trinajstić information content (AvgIpc) is 2.65. The molecule has 0 unspecified atom stereocenters. The molecule has 0 aromatic heterocycles. The largest absolute Gasteiger partial charge is 0.465 e. The Balaban J connectivity index is 1.87. The van der Waals surface area contributed by atoms with E-state index in [1.807, 2.05) is 32.9 Å². The molecule has 0 radical (unpaired) electrons. The molecule has 2 aromatic carbocycles. The van der Waals surface area contributed by atoms with Crippen molar-refractivity contribution in [3.63, 3.8) is 0 Å². The average molecular weight is 380 g/mol. The fourth-order valence-corrected chi connectivity index (χ4v) is 2.43. The summed E-state index contributed by atoms with van der Waals surface area (Å²) in [5.41, 5.74) is 3.23. The molecule has 2 aromatic rings. The quantitative estimate of drug-likeness (QED) is 0.281. The number of aryl methyl sites for hydroxylation is 1. The van der Waals surface area contributed by atoms with Gasteiger partial charge in [0.2, 0.25) is 0 Å². The minimum absolute atomic E-state index is 0.166. The van der Waals surface area contributed by atoms with Crippen molar-refractivity contribution < 1.29 is 19.1 Å². The minimum atomic E-state index is -0.458. The van der Waals surface area contributed by atoms with E-state index in [0.717, 1.165) is 24.0 Å². The molecular weight excluding hydrogens is 352 g/mol. The molecule has 0 N–H and O–H groups in total. The molecule has 0 aliphatic rings. The second kappa shape index (κ2) is 9.36. The second-order valence-electron chi connectivity index (χ2n) is 7.88. The second-order valence-corrected chi connectivity index (χ2v) is 7.88. The summed E-state index contributed by atoms with van der Waals surface area (Å²) in [7, 11) is 0. The van der Waals surface area contributed by atoms with Crippen LogP contribution in [-0.2, 0) is 20.7 Å². The molecule has 0 fully saturated rings. The molecule has 0 saturated carbocycles. The molecule has 0 atom stereocenters. The maximum Gasteiger partial charge on any atom is 0.338 e. The smallest absolute Gasteiger partial charge is 0.338 e. The zero-order valence-corrected chi connectivity index (χ0v) is 17.1. The van der Waals surface area contributed by atoms with Crippen molar-refractivity contribution in [2.24, 2.45) is 5.41 Å². The van der Waals surface area contributed by atoms with Gasteiger partial charge in [-0.3, -0.25) is 4.79 Å². The first-order valence-electron chi connectivity index (χ1n) is 9.41. The Hall–Kier alpha value is -2.88. The topological polar surface area (TPSA) is 52.6 Å². The number of hydrogen-bond donors (Lipinski definition) is 0. The molecule has 0 aliphatic carbocycles.